The van der Waals surface area contributed by atoms with Crippen molar-refractivity contribution in [1.29, 1.82) is 0 Å². The van der Waals surface area contributed by atoms with Crippen LogP contribution >= 0.6 is 0 Å². The minimum absolute atomic E-state index is 0.163. The molecule has 0 radical (unpaired) electrons. The molecule has 2 nitrogen and oxygen atoms in total. The van der Waals surface area contributed by atoms with Gasteiger partial charge >= 0.3 is 0 Å². The minimum Gasteiger partial charge on any atom is -0.313 e. The second-order valence-corrected chi connectivity index (χ2v) is 12.9. The van der Waals surface area contributed by atoms with Gasteiger partial charge in [-0.2, -0.15) is 0 Å². The van der Waals surface area contributed by atoms with Gasteiger partial charge in [0.15, 0.2) is 0 Å². The first kappa shape index (κ1) is 22.1. The average molecular weight is 403 g/mol. The number of hydrogen-bond acceptors (Lipinski definition) is 2. The van der Waals surface area contributed by atoms with Crippen LogP contribution in [0.15, 0.2) is 0 Å². The number of nitrogens with two attached hydrogens (primary N) is 2. The summed E-state index contributed by atoms with van der Waals surface area (Å²) in [5, 5.41) is 0. The highest BCUT2D eigenvalue weighted by Gasteiger charge is 2.64. The molecule has 0 heterocycles. The van der Waals surface area contributed by atoms with E-state index in [4.69, 9.17) is 11.5 Å². The molecule has 0 aromatic heterocycles. The second-order valence-electron chi connectivity index (χ2n) is 12.9. The Bertz CT molecular complexity index is 583. The maximum Gasteiger partial charge on any atom is 0.0697 e. The van der Waals surface area contributed by atoms with E-state index in [2.05, 4.69) is 34.6 Å². The van der Waals surface area contributed by atoms with Crippen molar-refractivity contribution >= 4 is 0 Å². The van der Waals surface area contributed by atoms with Crippen molar-refractivity contribution in [1.82, 2.24) is 0 Å². The highest BCUT2D eigenvalue weighted by atomic mass is 15.0. The molecule has 29 heavy (non-hydrogen) atoms. The summed E-state index contributed by atoms with van der Waals surface area (Å²) in [5.41, 5.74) is 14.0. The maximum absolute atomic E-state index is 6.88. The van der Waals surface area contributed by atoms with E-state index in [1.807, 2.05) is 0 Å². The number of fused-ring (bicyclic) bond motifs is 5. The Hall–Kier alpha value is -0.0800. The first-order chi connectivity index (χ1) is 13.6. The highest BCUT2D eigenvalue weighted by molar-refractivity contribution is 5.14. The van der Waals surface area contributed by atoms with Crippen LogP contribution < -0.4 is 11.5 Å². The Morgan fingerprint density at radius 3 is 2.31 bits per heavy atom. The molecule has 168 valence electrons. The van der Waals surface area contributed by atoms with Gasteiger partial charge in [-0.15, -0.1) is 0 Å². The van der Waals surface area contributed by atoms with Gasteiger partial charge < -0.3 is 11.5 Å². The van der Waals surface area contributed by atoms with E-state index in [-0.39, 0.29) is 5.41 Å². The van der Waals surface area contributed by atoms with Crippen LogP contribution in [-0.4, -0.2) is 5.66 Å². The molecule has 0 aromatic carbocycles. The van der Waals surface area contributed by atoms with Crippen LogP contribution in [0.1, 0.15) is 112 Å². The van der Waals surface area contributed by atoms with Gasteiger partial charge in [0.1, 0.15) is 0 Å². The van der Waals surface area contributed by atoms with Gasteiger partial charge in [0.05, 0.1) is 5.66 Å². The summed E-state index contributed by atoms with van der Waals surface area (Å²) < 4.78 is 0. The molecule has 0 aromatic rings. The molecular weight excluding hydrogens is 352 g/mol. The van der Waals surface area contributed by atoms with E-state index >= 15 is 0 Å². The lowest BCUT2D eigenvalue weighted by Gasteiger charge is -2.65. The number of hydrogen-bond donors (Lipinski definition) is 2. The molecule has 0 unspecified atom stereocenters. The molecule has 0 amide bonds. The molecule has 2 heteroatoms. The third-order valence-corrected chi connectivity index (χ3v) is 11.3. The summed E-state index contributed by atoms with van der Waals surface area (Å²) in [7, 11) is 0. The highest BCUT2D eigenvalue weighted by Crippen LogP contribution is 2.69. The fourth-order valence-corrected chi connectivity index (χ4v) is 9.54. The van der Waals surface area contributed by atoms with E-state index < -0.39 is 5.66 Å². The Labute approximate surface area is 181 Å². The van der Waals surface area contributed by atoms with Crippen molar-refractivity contribution in [3.63, 3.8) is 0 Å². The largest absolute Gasteiger partial charge is 0.313 e. The monoisotopic (exact) mass is 402 g/mol. The van der Waals surface area contributed by atoms with Crippen molar-refractivity contribution in [3.05, 3.63) is 0 Å². The molecule has 0 saturated heterocycles. The molecule has 4 N–H and O–H groups in total. The van der Waals surface area contributed by atoms with Gasteiger partial charge in [-0.25, -0.2) is 0 Å². The van der Waals surface area contributed by atoms with E-state index in [0.717, 1.165) is 47.8 Å². The fraction of sp³-hybridized carbons (Fsp3) is 1.00. The average Bonchev–Trinajstić information content (AvgIpc) is 2.99. The summed E-state index contributed by atoms with van der Waals surface area (Å²) in [4.78, 5) is 0. The normalized spacial score (nSPS) is 47.4. The lowest BCUT2D eigenvalue weighted by Crippen LogP contribution is -2.71. The van der Waals surface area contributed by atoms with Gasteiger partial charge in [-0.1, -0.05) is 53.9 Å². The first-order valence-corrected chi connectivity index (χ1v) is 13.2. The maximum atomic E-state index is 6.88. The van der Waals surface area contributed by atoms with Crippen molar-refractivity contribution in [3.8, 4) is 0 Å². The Morgan fingerprint density at radius 1 is 0.828 bits per heavy atom. The van der Waals surface area contributed by atoms with Gasteiger partial charge in [-0.05, 0) is 105 Å². The minimum atomic E-state index is -0.449. The second kappa shape index (κ2) is 7.80. The first-order valence-electron chi connectivity index (χ1n) is 13.2. The molecule has 0 bridgehead atoms. The Kier molecular flexibility index (Phi) is 5.95. The van der Waals surface area contributed by atoms with Crippen molar-refractivity contribution in [2.24, 2.45) is 63.7 Å². The molecule has 0 spiro atoms. The molecule has 0 aliphatic heterocycles. The summed E-state index contributed by atoms with van der Waals surface area (Å²) in [6.07, 6.45) is 16.5. The topological polar surface area (TPSA) is 52.0 Å². The molecule has 8 atom stereocenters. The summed E-state index contributed by atoms with van der Waals surface area (Å²) in [6, 6.07) is 0. The third kappa shape index (κ3) is 3.43. The molecule has 4 rings (SSSR count). The number of rotatable bonds is 5. The lowest BCUT2D eigenvalue weighted by atomic mass is 9.42. The smallest absolute Gasteiger partial charge is 0.0697 e. The zero-order valence-corrected chi connectivity index (χ0v) is 20.2. The zero-order valence-electron chi connectivity index (χ0n) is 20.2. The lowest BCUT2D eigenvalue weighted by molar-refractivity contribution is -0.147. The molecular formula is C27H50N2. The predicted octanol–water partition coefficient (Wildman–Crippen LogP) is 6.72. The van der Waals surface area contributed by atoms with Gasteiger partial charge in [0.2, 0.25) is 0 Å². The van der Waals surface area contributed by atoms with Crippen LogP contribution in [0.25, 0.3) is 0 Å². The molecule has 4 fully saturated rings. The van der Waals surface area contributed by atoms with Crippen LogP contribution in [0.5, 0.6) is 0 Å². The fourth-order valence-electron chi connectivity index (χ4n) is 9.54. The van der Waals surface area contributed by atoms with Crippen LogP contribution in [0, 0.1) is 52.3 Å². The van der Waals surface area contributed by atoms with Crippen LogP contribution in [0.2, 0.25) is 0 Å². The Balaban J connectivity index is 1.51. The summed E-state index contributed by atoms with van der Waals surface area (Å²) >= 11 is 0. The van der Waals surface area contributed by atoms with Crippen molar-refractivity contribution < 1.29 is 0 Å². The van der Waals surface area contributed by atoms with Crippen molar-refractivity contribution in [2.75, 3.05) is 0 Å². The SMILES string of the molecule is CC(C)CCC[C@@H](C)[C@H]1CC[C@H]2[C@@H]3CC[C@H]4CCCC(N)(N)[C@]4(C)[C@H]3CC[C@]12C. The zero-order chi connectivity index (χ0) is 21.0. The van der Waals surface area contributed by atoms with E-state index in [0.29, 0.717) is 5.41 Å². The predicted molar refractivity (Wildman–Crippen MR) is 124 cm³/mol. The summed E-state index contributed by atoms with van der Waals surface area (Å²) in [5.74, 6) is 6.03. The van der Waals surface area contributed by atoms with Gasteiger partial charge in [0, 0.05) is 5.41 Å². The summed E-state index contributed by atoms with van der Waals surface area (Å²) in [6.45, 7) is 12.5. The van der Waals surface area contributed by atoms with Gasteiger partial charge in [-0.3, -0.25) is 0 Å². The van der Waals surface area contributed by atoms with E-state index in [1.54, 1.807) is 0 Å². The van der Waals surface area contributed by atoms with E-state index in [1.165, 1.54) is 70.6 Å². The van der Waals surface area contributed by atoms with Gasteiger partial charge in [0.25, 0.3) is 0 Å². The van der Waals surface area contributed by atoms with Crippen molar-refractivity contribution in [2.45, 2.75) is 117 Å². The van der Waals surface area contributed by atoms with Crippen LogP contribution in [0.4, 0.5) is 0 Å². The molecule has 4 saturated carbocycles. The standard InChI is InChI=1S/C27H50N2/c1-18(2)8-6-9-19(3)22-13-14-23-21-12-11-20-10-7-16-27(28,29)26(20,5)24(21)15-17-25(22,23)4/h18-24H,6-17,28-29H2,1-5H3/t19-,20-,21+,22-,23+,24+,25-,26+/m1/s1. The quantitative estimate of drug-likeness (QED) is 0.501. The van der Waals surface area contributed by atoms with Crippen LogP contribution in [-0.2, 0) is 0 Å². The Morgan fingerprint density at radius 2 is 1.59 bits per heavy atom. The van der Waals surface area contributed by atoms with E-state index in [9.17, 15) is 0 Å². The molecule has 4 aliphatic rings. The molecule has 4 aliphatic carbocycles. The van der Waals surface area contributed by atoms with Crippen LogP contribution in [0.3, 0.4) is 0 Å². The third-order valence-electron chi connectivity index (χ3n) is 11.3.